The molecule has 0 saturated carbocycles. The van der Waals surface area contributed by atoms with E-state index in [1.165, 1.54) is 71.0 Å². The summed E-state index contributed by atoms with van der Waals surface area (Å²) in [5, 5.41) is 5.66. The first-order chi connectivity index (χ1) is 29.6. The lowest BCUT2D eigenvalue weighted by atomic mass is 9.33. The smallest absolute Gasteiger partial charge is 0.251 e. The Morgan fingerprint density at radius 2 is 0.800 bits per heavy atom. The van der Waals surface area contributed by atoms with Crippen LogP contribution in [0.5, 0.6) is 0 Å². The van der Waals surface area contributed by atoms with E-state index in [0.717, 1.165) is 33.9 Å². The van der Waals surface area contributed by atoms with Gasteiger partial charge in [0, 0.05) is 46.3 Å². The van der Waals surface area contributed by atoms with E-state index in [0.29, 0.717) is 0 Å². The number of hydrogen-bond donors (Lipinski definition) is 0. The van der Waals surface area contributed by atoms with Crippen LogP contribution in [0.25, 0.3) is 22.5 Å². The van der Waals surface area contributed by atoms with Crippen molar-refractivity contribution in [3.63, 3.8) is 0 Å². The molecule has 0 radical (unpaired) electrons. The predicted molar refractivity (Wildman–Crippen MR) is 254 cm³/mol. The third-order valence-corrected chi connectivity index (χ3v) is 17.8. The molecule has 2 aromatic heterocycles. The van der Waals surface area contributed by atoms with Gasteiger partial charge in [0.2, 0.25) is 0 Å². The normalized spacial score (nSPS) is 13.9. The fraction of sp³-hybridized carbons (Fsp3) is 0.0370. The van der Waals surface area contributed by atoms with E-state index in [1.807, 2.05) is 24.5 Å². The van der Waals surface area contributed by atoms with E-state index in [2.05, 4.69) is 200 Å². The summed E-state index contributed by atoms with van der Waals surface area (Å²) >= 11 is 0. The second-order valence-corrected chi connectivity index (χ2v) is 20.0. The summed E-state index contributed by atoms with van der Waals surface area (Å²) in [7, 11) is -2.97. The van der Waals surface area contributed by atoms with Crippen LogP contribution in [0.3, 0.4) is 0 Å². The summed E-state index contributed by atoms with van der Waals surface area (Å²) in [5.74, 6) is 0. The van der Waals surface area contributed by atoms with Crippen molar-refractivity contribution in [2.75, 3.05) is 9.80 Å². The number of nitrogens with zero attached hydrogens (tertiary/aromatic N) is 4. The zero-order chi connectivity index (χ0) is 40.0. The Balaban J connectivity index is 1.26. The molecular formula is C54H39BN4Si. The molecule has 5 heterocycles. The average molecular weight is 783 g/mol. The van der Waals surface area contributed by atoms with Gasteiger partial charge in [0.15, 0.2) is 8.07 Å². The van der Waals surface area contributed by atoms with E-state index >= 15 is 0 Å². The molecule has 0 fully saturated rings. The lowest BCUT2D eigenvalue weighted by Gasteiger charge is -2.51. The van der Waals surface area contributed by atoms with Crippen LogP contribution in [0.15, 0.2) is 200 Å². The summed E-state index contributed by atoms with van der Waals surface area (Å²) in [6, 6.07) is 70.1. The lowest BCUT2D eigenvalue weighted by Crippen LogP contribution is -2.88. The molecule has 0 saturated heterocycles. The van der Waals surface area contributed by atoms with Gasteiger partial charge in [-0.25, -0.2) is 0 Å². The summed E-state index contributed by atoms with van der Waals surface area (Å²) in [4.78, 5) is 15.0. The molecule has 4 nitrogen and oxygen atoms in total. The van der Waals surface area contributed by atoms with Gasteiger partial charge in [-0.15, -0.1) is 0 Å². The van der Waals surface area contributed by atoms with Crippen LogP contribution < -0.4 is 46.9 Å². The van der Waals surface area contributed by atoms with Crippen molar-refractivity contribution >= 4 is 86.0 Å². The summed E-state index contributed by atoms with van der Waals surface area (Å²) in [6.45, 7) is 4.36. The fourth-order valence-corrected chi connectivity index (χ4v) is 15.9. The van der Waals surface area contributed by atoms with Crippen LogP contribution in [-0.2, 0) is 0 Å². The van der Waals surface area contributed by atoms with Gasteiger partial charge >= 0.3 is 0 Å². The first kappa shape index (κ1) is 34.7. The molecule has 0 atom stereocenters. The van der Waals surface area contributed by atoms with Crippen molar-refractivity contribution in [2.45, 2.75) is 13.8 Å². The first-order valence-corrected chi connectivity index (χ1v) is 22.8. The Hall–Kier alpha value is -7.28. The van der Waals surface area contributed by atoms with E-state index in [1.54, 1.807) is 0 Å². The minimum Gasteiger partial charge on any atom is -0.311 e. The van der Waals surface area contributed by atoms with E-state index in [4.69, 9.17) is 9.97 Å². The van der Waals surface area contributed by atoms with Gasteiger partial charge in [0.1, 0.15) is 0 Å². The number of hydrogen-bond acceptors (Lipinski definition) is 4. The molecule has 3 aliphatic rings. The quantitative estimate of drug-likeness (QED) is 0.159. The third kappa shape index (κ3) is 4.85. The van der Waals surface area contributed by atoms with Gasteiger partial charge in [0.05, 0.1) is 22.8 Å². The molecule has 6 heteroatoms. The highest BCUT2D eigenvalue weighted by Gasteiger charge is 2.56. The summed E-state index contributed by atoms with van der Waals surface area (Å²) in [5.41, 5.74) is 17.7. The van der Waals surface area contributed by atoms with Crippen molar-refractivity contribution in [1.82, 2.24) is 9.97 Å². The van der Waals surface area contributed by atoms with Gasteiger partial charge in [-0.1, -0.05) is 126 Å². The van der Waals surface area contributed by atoms with Gasteiger partial charge < -0.3 is 9.80 Å². The topological polar surface area (TPSA) is 32.3 Å². The third-order valence-electron chi connectivity index (χ3n) is 12.9. The van der Waals surface area contributed by atoms with Crippen LogP contribution >= 0.6 is 0 Å². The highest BCUT2D eigenvalue weighted by atomic mass is 28.3. The number of aryl methyl sites for hydroxylation is 2. The Morgan fingerprint density at radius 3 is 1.23 bits per heavy atom. The summed E-state index contributed by atoms with van der Waals surface area (Å²) < 4.78 is 0. The molecule has 0 spiro atoms. The minimum absolute atomic E-state index is 0.0154. The fourth-order valence-electron chi connectivity index (χ4n) is 10.6. The molecule has 282 valence electrons. The largest absolute Gasteiger partial charge is 0.311 e. The maximum absolute atomic E-state index is 4.94. The molecule has 60 heavy (non-hydrogen) atoms. The first-order valence-electron chi connectivity index (χ1n) is 20.8. The second kappa shape index (κ2) is 13.4. The van der Waals surface area contributed by atoms with Gasteiger partial charge in [-0.3, -0.25) is 9.97 Å². The molecular weight excluding hydrogens is 744 g/mol. The van der Waals surface area contributed by atoms with Crippen LogP contribution in [0.1, 0.15) is 11.1 Å². The molecule has 3 aliphatic heterocycles. The Labute approximate surface area is 352 Å². The number of rotatable bonds is 6. The Morgan fingerprint density at radius 1 is 0.383 bits per heavy atom. The van der Waals surface area contributed by atoms with Crippen LogP contribution in [0.2, 0.25) is 0 Å². The van der Waals surface area contributed by atoms with Crippen molar-refractivity contribution in [1.29, 1.82) is 0 Å². The molecule has 12 rings (SSSR count). The number of pyridine rings is 2. The molecule has 0 N–H and O–H groups in total. The zero-order valence-corrected chi connectivity index (χ0v) is 34.4. The second-order valence-electron chi connectivity index (χ2n) is 16.2. The van der Waals surface area contributed by atoms with Gasteiger partial charge in [-0.05, 0) is 124 Å². The van der Waals surface area contributed by atoms with Crippen molar-refractivity contribution in [3.05, 3.63) is 212 Å². The van der Waals surface area contributed by atoms with E-state index < -0.39 is 8.07 Å². The molecule has 9 aromatic rings. The average Bonchev–Trinajstić information content (AvgIpc) is 3.31. The predicted octanol–water partition coefficient (Wildman–Crippen LogP) is 8.20. The monoisotopic (exact) mass is 782 g/mol. The van der Waals surface area contributed by atoms with Gasteiger partial charge in [-0.2, -0.15) is 0 Å². The van der Waals surface area contributed by atoms with Crippen LogP contribution in [0.4, 0.5) is 34.1 Å². The molecule has 0 bridgehead atoms. The Kier molecular flexibility index (Phi) is 7.75. The van der Waals surface area contributed by atoms with Crippen LogP contribution in [0, 0.1) is 13.8 Å². The van der Waals surface area contributed by atoms with E-state index in [-0.39, 0.29) is 6.71 Å². The lowest BCUT2D eigenvalue weighted by molar-refractivity contribution is 1.23. The number of aromatic nitrogens is 2. The SMILES string of the molecule is Cc1ccc(N2c3cccc4c3B3c5c2cccc5[Si](c2ccccc2)(c2ccccc2)c2cccc(c23)N4c2ccc(C)cc2-c2ccccn2)c(-c2ccccn2)c1. The van der Waals surface area contributed by atoms with Crippen LogP contribution in [-0.4, -0.2) is 24.8 Å². The van der Waals surface area contributed by atoms with Crippen molar-refractivity contribution in [3.8, 4) is 22.5 Å². The molecule has 7 aromatic carbocycles. The zero-order valence-electron chi connectivity index (χ0n) is 33.4. The standard InChI is InChI=1S/C54H39BN4Si/c1-36-28-30-44(40(34-36)42-20-9-11-32-56-42)58-46-22-13-23-47-52(46)55-53-48(58)24-14-26-50(53)60(38-16-5-3-6-17-38,39-18-7-4-8-19-39)51-27-15-25-49(54(51)55)59(47)45-31-29-37(2)35-41(45)43-21-10-12-33-57-43/h3-35H,1-2H3. The van der Waals surface area contributed by atoms with E-state index in [9.17, 15) is 0 Å². The molecule has 0 amide bonds. The van der Waals surface area contributed by atoms with Gasteiger partial charge in [0.25, 0.3) is 6.71 Å². The Bertz CT molecular complexity index is 2930. The summed E-state index contributed by atoms with van der Waals surface area (Å²) in [6.07, 6.45) is 3.80. The maximum atomic E-state index is 4.94. The number of benzene rings is 7. The minimum atomic E-state index is -2.97. The molecule has 0 unspecified atom stereocenters. The maximum Gasteiger partial charge on any atom is 0.251 e. The molecule has 0 aliphatic carbocycles. The highest BCUT2D eigenvalue weighted by molar-refractivity contribution is 7.27. The highest BCUT2D eigenvalue weighted by Crippen LogP contribution is 2.48. The number of anilines is 6. The van der Waals surface area contributed by atoms with Crippen molar-refractivity contribution in [2.24, 2.45) is 0 Å². The van der Waals surface area contributed by atoms with Crippen molar-refractivity contribution < 1.29 is 0 Å².